The van der Waals surface area contributed by atoms with E-state index in [0.717, 1.165) is 18.1 Å². The highest BCUT2D eigenvalue weighted by molar-refractivity contribution is 7.99. The lowest BCUT2D eigenvalue weighted by molar-refractivity contribution is -0.134. The Morgan fingerprint density at radius 1 is 0.925 bits per heavy atom. The van der Waals surface area contributed by atoms with Crippen LogP contribution in [0, 0.1) is 5.92 Å². The fraction of sp³-hybridized carbons (Fsp3) is 0.387. The maximum absolute atomic E-state index is 9.55. The van der Waals surface area contributed by atoms with Crippen molar-refractivity contribution in [3.8, 4) is 0 Å². The van der Waals surface area contributed by atoms with Crippen molar-refractivity contribution in [2.75, 3.05) is 57.8 Å². The zero-order valence-corrected chi connectivity index (χ0v) is 23.7. The number of benzene rings is 2. The second-order valence-corrected chi connectivity index (χ2v) is 11.2. The van der Waals surface area contributed by atoms with E-state index in [1.54, 1.807) is 0 Å². The number of piperazine rings is 1. The van der Waals surface area contributed by atoms with Gasteiger partial charge >= 0.3 is 11.9 Å². The van der Waals surface area contributed by atoms with Gasteiger partial charge in [-0.05, 0) is 42.8 Å². The number of hydrazone groups is 1. The number of fused-ring (bicyclic) bond motifs is 1. The molecule has 0 aromatic heterocycles. The number of likely N-dealkylation sites (N-methyl/N-ethyl adjacent to an activating group) is 1. The summed E-state index contributed by atoms with van der Waals surface area (Å²) in [4.78, 5) is 24.2. The molecule has 0 radical (unpaired) electrons. The minimum absolute atomic E-state index is 0.352. The van der Waals surface area contributed by atoms with Gasteiger partial charge in [0.05, 0.1) is 11.8 Å². The third-order valence-electron chi connectivity index (χ3n) is 7.28. The molecule has 2 aromatic rings. The van der Waals surface area contributed by atoms with E-state index in [2.05, 4.69) is 100 Å². The predicted molar refractivity (Wildman–Crippen MR) is 162 cm³/mol. The minimum atomic E-state index is -1.26. The number of carboxylic acid groups (broad SMARTS) is 2. The lowest BCUT2D eigenvalue weighted by atomic mass is 9.87. The zero-order valence-electron chi connectivity index (χ0n) is 22.9. The quantitative estimate of drug-likeness (QED) is 0.463. The maximum Gasteiger partial charge on any atom is 0.328 e. The molecular formula is C31H38N4O4S. The van der Waals surface area contributed by atoms with E-state index < -0.39 is 11.9 Å². The SMILES string of the molecule is CN1CCN(CCCN2N=C3/C(=C/c4ccccc4)CSCC3C2c2ccccc2)CC1.O=C(O)/C=C\C(=O)O. The lowest BCUT2D eigenvalue weighted by Crippen LogP contribution is -2.45. The summed E-state index contributed by atoms with van der Waals surface area (Å²) in [5.74, 6) is 0.162. The predicted octanol–water partition coefficient (Wildman–Crippen LogP) is 4.20. The average molecular weight is 563 g/mol. The normalized spacial score (nSPS) is 22.5. The van der Waals surface area contributed by atoms with Crippen molar-refractivity contribution < 1.29 is 19.8 Å². The molecule has 3 aliphatic heterocycles. The van der Waals surface area contributed by atoms with Crippen LogP contribution in [0.5, 0.6) is 0 Å². The van der Waals surface area contributed by atoms with E-state index in [1.165, 1.54) is 61.6 Å². The second-order valence-electron chi connectivity index (χ2n) is 10.2. The maximum atomic E-state index is 9.55. The molecule has 9 heteroatoms. The Kier molecular flexibility index (Phi) is 11.0. The van der Waals surface area contributed by atoms with Crippen LogP contribution in [0.1, 0.15) is 23.6 Å². The number of carboxylic acids is 2. The third-order valence-corrected chi connectivity index (χ3v) is 8.39. The monoisotopic (exact) mass is 562 g/mol. The van der Waals surface area contributed by atoms with Crippen molar-refractivity contribution in [2.45, 2.75) is 12.5 Å². The van der Waals surface area contributed by atoms with Crippen molar-refractivity contribution in [1.29, 1.82) is 0 Å². The van der Waals surface area contributed by atoms with Gasteiger partial charge in [-0.3, -0.25) is 5.01 Å². The summed E-state index contributed by atoms with van der Waals surface area (Å²) >= 11 is 2.06. The summed E-state index contributed by atoms with van der Waals surface area (Å²) in [5.41, 5.74) is 5.40. The molecule has 8 nitrogen and oxygen atoms in total. The van der Waals surface area contributed by atoms with Crippen molar-refractivity contribution in [2.24, 2.45) is 11.0 Å². The number of nitrogens with zero attached hydrogens (tertiary/aromatic N) is 4. The smallest absolute Gasteiger partial charge is 0.328 e. The van der Waals surface area contributed by atoms with Gasteiger partial charge in [-0.1, -0.05) is 60.7 Å². The average Bonchev–Trinajstić information content (AvgIpc) is 3.34. The van der Waals surface area contributed by atoms with Gasteiger partial charge in [0.25, 0.3) is 0 Å². The van der Waals surface area contributed by atoms with Crippen LogP contribution < -0.4 is 0 Å². The molecule has 0 spiro atoms. The van der Waals surface area contributed by atoms with Crippen molar-refractivity contribution in [1.82, 2.24) is 14.8 Å². The summed E-state index contributed by atoms with van der Waals surface area (Å²) in [6, 6.07) is 22.1. The first-order valence-corrected chi connectivity index (χ1v) is 14.8. The molecule has 3 heterocycles. The van der Waals surface area contributed by atoms with Gasteiger partial charge in [0.15, 0.2) is 0 Å². The highest BCUT2D eigenvalue weighted by atomic mass is 32.2. The molecule has 2 saturated heterocycles. The van der Waals surface area contributed by atoms with Crippen molar-refractivity contribution in [3.05, 3.63) is 89.5 Å². The van der Waals surface area contributed by atoms with Crippen LogP contribution in [0.3, 0.4) is 0 Å². The number of thioether (sulfide) groups is 1. The van der Waals surface area contributed by atoms with Crippen LogP contribution in [0.25, 0.3) is 6.08 Å². The highest BCUT2D eigenvalue weighted by Crippen LogP contribution is 2.43. The van der Waals surface area contributed by atoms with Crippen molar-refractivity contribution in [3.63, 3.8) is 0 Å². The van der Waals surface area contributed by atoms with Gasteiger partial charge in [-0.2, -0.15) is 16.9 Å². The highest BCUT2D eigenvalue weighted by Gasteiger charge is 2.41. The molecule has 2 fully saturated rings. The number of rotatable bonds is 8. The van der Waals surface area contributed by atoms with Gasteiger partial charge in [-0.25, -0.2) is 9.59 Å². The van der Waals surface area contributed by atoms with E-state index in [1.807, 2.05) is 0 Å². The van der Waals surface area contributed by atoms with Crippen LogP contribution in [0.2, 0.25) is 0 Å². The third kappa shape index (κ3) is 8.55. The van der Waals surface area contributed by atoms with Gasteiger partial charge in [0, 0.05) is 62.3 Å². The van der Waals surface area contributed by atoms with Crippen molar-refractivity contribution >= 4 is 35.5 Å². The molecule has 2 unspecified atom stereocenters. The van der Waals surface area contributed by atoms with E-state index in [-0.39, 0.29) is 0 Å². The zero-order chi connectivity index (χ0) is 28.3. The molecule has 0 amide bonds. The molecule has 212 valence electrons. The van der Waals surface area contributed by atoms with E-state index in [9.17, 15) is 9.59 Å². The molecule has 3 aliphatic rings. The number of aliphatic carboxylic acids is 2. The number of hydrogen-bond acceptors (Lipinski definition) is 7. The van der Waals surface area contributed by atoms with Crippen LogP contribution in [0.4, 0.5) is 0 Å². The Hall–Kier alpha value is -3.40. The summed E-state index contributed by atoms with van der Waals surface area (Å²) < 4.78 is 0. The summed E-state index contributed by atoms with van der Waals surface area (Å²) in [7, 11) is 2.22. The Bertz CT molecular complexity index is 1190. The second kappa shape index (κ2) is 14.8. The fourth-order valence-electron chi connectivity index (χ4n) is 5.25. The fourth-order valence-corrected chi connectivity index (χ4v) is 6.42. The standard InChI is InChI=1S/C27H34N4S.C4H4O4/c1-29-15-17-30(18-16-29)13-8-14-31-27(23-11-6-3-7-12-23)25-21-32-20-24(26(25)28-31)19-22-9-4-2-5-10-22;5-3(6)1-2-4(7)8/h2-7,9-12,19,25,27H,8,13-18,20-21H2,1H3;1-2H,(H,5,6)(H,7,8)/b24-19+;2-1-. The molecule has 0 bridgehead atoms. The first kappa shape index (κ1) is 29.6. The van der Waals surface area contributed by atoms with Gasteiger partial charge < -0.3 is 20.0 Å². The first-order chi connectivity index (χ1) is 19.4. The Balaban J connectivity index is 0.000000406. The largest absolute Gasteiger partial charge is 0.478 e. The topological polar surface area (TPSA) is 96.7 Å². The van der Waals surface area contributed by atoms with Crippen LogP contribution in [-0.2, 0) is 9.59 Å². The number of hydrogen-bond donors (Lipinski definition) is 2. The molecule has 0 saturated carbocycles. The van der Waals surface area contributed by atoms with E-state index in [4.69, 9.17) is 15.3 Å². The van der Waals surface area contributed by atoms with E-state index >= 15 is 0 Å². The minimum Gasteiger partial charge on any atom is -0.478 e. The van der Waals surface area contributed by atoms with E-state index in [0.29, 0.717) is 24.1 Å². The summed E-state index contributed by atoms with van der Waals surface area (Å²) in [6.45, 7) is 6.95. The molecular weight excluding hydrogens is 524 g/mol. The summed E-state index contributed by atoms with van der Waals surface area (Å²) in [6.07, 6.45) is 4.64. The molecule has 40 heavy (non-hydrogen) atoms. The van der Waals surface area contributed by atoms with Crippen LogP contribution in [-0.4, -0.2) is 100 Å². The van der Waals surface area contributed by atoms with Gasteiger partial charge in [0.1, 0.15) is 0 Å². The molecule has 2 aromatic carbocycles. The molecule has 0 aliphatic carbocycles. The lowest BCUT2D eigenvalue weighted by Gasteiger charge is -2.33. The molecule has 5 rings (SSSR count). The van der Waals surface area contributed by atoms with Crippen LogP contribution in [0.15, 0.2) is 83.5 Å². The Morgan fingerprint density at radius 3 is 2.17 bits per heavy atom. The van der Waals surface area contributed by atoms with Gasteiger partial charge in [-0.15, -0.1) is 0 Å². The summed E-state index contributed by atoms with van der Waals surface area (Å²) in [5, 5.41) is 23.3. The Morgan fingerprint density at radius 2 is 1.55 bits per heavy atom. The first-order valence-electron chi connectivity index (χ1n) is 13.7. The number of carbonyl (C=O) groups is 2. The Labute approximate surface area is 240 Å². The van der Waals surface area contributed by atoms with Gasteiger partial charge in [0.2, 0.25) is 0 Å². The molecule has 2 atom stereocenters. The molecule has 2 N–H and O–H groups in total. The van der Waals surface area contributed by atoms with Crippen LogP contribution >= 0.6 is 11.8 Å².